The first-order valence-electron chi connectivity index (χ1n) is 4.62. The molecule has 0 saturated heterocycles. The van der Waals surface area contributed by atoms with Crippen molar-refractivity contribution in [3.63, 3.8) is 0 Å². The van der Waals surface area contributed by atoms with Crippen molar-refractivity contribution < 1.29 is 4.74 Å². The molecule has 2 N–H and O–H groups in total. The standard InChI is InChI=1S/C10H14N2O/c1-7-4-10(13-8-2-3-8)9(5-11)12-6-7/h4,6,8H,2-3,5,11H2,1H3. The van der Waals surface area contributed by atoms with Crippen molar-refractivity contribution in [2.75, 3.05) is 0 Å². The summed E-state index contributed by atoms with van der Waals surface area (Å²) in [4.78, 5) is 4.23. The number of nitrogens with zero attached hydrogens (tertiary/aromatic N) is 1. The third-order valence-electron chi connectivity index (χ3n) is 2.08. The van der Waals surface area contributed by atoms with E-state index in [2.05, 4.69) is 4.98 Å². The number of aromatic nitrogens is 1. The summed E-state index contributed by atoms with van der Waals surface area (Å²) < 4.78 is 5.69. The van der Waals surface area contributed by atoms with Gasteiger partial charge >= 0.3 is 0 Å². The lowest BCUT2D eigenvalue weighted by atomic mass is 10.2. The molecule has 0 spiro atoms. The van der Waals surface area contributed by atoms with Crippen LogP contribution in [0.15, 0.2) is 12.3 Å². The van der Waals surface area contributed by atoms with E-state index in [0.717, 1.165) is 29.8 Å². The van der Waals surface area contributed by atoms with Gasteiger partial charge in [-0.1, -0.05) is 0 Å². The van der Waals surface area contributed by atoms with Gasteiger partial charge in [-0.05, 0) is 31.4 Å². The Morgan fingerprint density at radius 1 is 1.62 bits per heavy atom. The monoisotopic (exact) mass is 178 g/mol. The first kappa shape index (κ1) is 8.51. The fourth-order valence-corrected chi connectivity index (χ4v) is 1.19. The molecular weight excluding hydrogens is 164 g/mol. The second kappa shape index (κ2) is 3.34. The van der Waals surface area contributed by atoms with E-state index in [1.807, 2.05) is 19.2 Å². The predicted molar refractivity (Wildman–Crippen MR) is 50.5 cm³/mol. The fraction of sp³-hybridized carbons (Fsp3) is 0.500. The van der Waals surface area contributed by atoms with Crippen molar-refractivity contribution in [3.05, 3.63) is 23.5 Å². The molecule has 3 heteroatoms. The minimum absolute atomic E-state index is 0.411. The molecule has 2 rings (SSSR count). The minimum atomic E-state index is 0.411. The Labute approximate surface area is 77.9 Å². The number of ether oxygens (including phenoxy) is 1. The van der Waals surface area contributed by atoms with Crippen LogP contribution in [0.25, 0.3) is 0 Å². The van der Waals surface area contributed by atoms with E-state index in [-0.39, 0.29) is 0 Å². The van der Waals surface area contributed by atoms with Gasteiger partial charge in [0.1, 0.15) is 5.75 Å². The summed E-state index contributed by atoms with van der Waals surface area (Å²) in [6, 6.07) is 2.01. The molecule has 0 amide bonds. The van der Waals surface area contributed by atoms with Gasteiger partial charge in [-0.25, -0.2) is 0 Å². The van der Waals surface area contributed by atoms with E-state index in [1.54, 1.807) is 0 Å². The average Bonchev–Trinajstić information content (AvgIpc) is 2.89. The van der Waals surface area contributed by atoms with Gasteiger partial charge in [-0.15, -0.1) is 0 Å². The fourth-order valence-electron chi connectivity index (χ4n) is 1.19. The lowest BCUT2D eigenvalue weighted by molar-refractivity contribution is 0.298. The van der Waals surface area contributed by atoms with Gasteiger partial charge in [0, 0.05) is 12.7 Å². The highest BCUT2D eigenvalue weighted by Gasteiger charge is 2.24. The first-order valence-corrected chi connectivity index (χ1v) is 4.62. The topological polar surface area (TPSA) is 48.1 Å². The molecule has 0 unspecified atom stereocenters. The third-order valence-corrected chi connectivity index (χ3v) is 2.08. The van der Waals surface area contributed by atoms with Crippen molar-refractivity contribution in [1.29, 1.82) is 0 Å². The molecule has 1 saturated carbocycles. The first-order chi connectivity index (χ1) is 6.29. The van der Waals surface area contributed by atoms with Crippen LogP contribution >= 0.6 is 0 Å². The molecule has 0 aromatic carbocycles. The van der Waals surface area contributed by atoms with Crippen molar-refractivity contribution >= 4 is 0 Å². The van der Waals surface area contributed by atoms with E-state index in [0.29, 0.717) is 12.6 Å². The Hall–Kier alpha value is -1.09. The van der Waals surface area contributed by atoms with Gasteiger partial charge in [-0.2, -0.15) is 0 Å². The highest BCUT2D eigenvalue weighted by molar-refractivity contribution is 5.31. The maximum Gasteiger partial charge on any atom is 0.142 e. The van der Waals surface area contributed by atoms with E-state index < -0.39 is 0 Å². The summed E-state index contributed by atoms with van der Waals surface area (Å²) >= 11 is 0. The van der Waals surface area contributed by atoms with Gasteiger partial charge in [-0.3, -0.25) is 4.98 Å². The zero-order valence-corrected chi connectivity index (χ0v) is 7.79. The molecule has 70 valence electrons. The molecule has 0 radical (unpaired) electrons. The summed E-state index contributed by atoms with van der Waals surface area (Å²) in [5, 5.41) is 0. The SMILES string of the molecule is Cc1cnc(CN)c(OC2CC2)c1. The van der Waals surface area contributed by atoms with Gasteiger partial charge < -0.3 is 10.5 Å². The summed E-state index contributed by atoms with van der Waals surface area (Å²) in [7, 11) is 0. The molecule has 3 nitrogen and oxygen atoms in total. The van der Waals surface area contributed by atoms with E-state index >= 15 is 0 Å². The molecule has 1 aliphatic rings. The Morgan fingerprint density at radius 3 is 3.00 bits per heavy atom. The van der Waals surface area contributed by atoms with Crippen molar-refractivity contribution in [3.8, 4) is 5.75 Å². The number of hydrogen-bond donors (Lipinski definition) is 1. The smallest absolute Gasteiger partial charge is 0.142 e. The third kappa shape index (κ3) is 1.98. The Bertz CT molecular complexity index is 308. The molecule has 1 fully saturated rings. The molecule has 1 aromatic rings. The molecule has 1 aromatic heterocycles. The van der Waals surface area contributed by atoms with Crippen LogP contribution in [-0.4, -0.2) is 11.1 Å². The van der Waals surface area contributed by atoms with Crippen LogP contribution in [0.5, 0.6) is 5.75 Å². The van der Waals surface area contributed by atoms with Crippen LogP contribution in [-0.2, 0) is 6.54 Å². The summed E-state index contributed by atoms with van der Waals surface area (Å²) in [5.74, 6) is 0.866. The largest absolute Gasteiger partial charge is 0.488 e. The second-order valence-corrected chi connectivity index (χ2v) is 3.48. The van der Waals surface area contributed by atoms with Crippen LogP contribution in [0.3, 0.4) is 0 Å². The average molecular weight is 178 g/mol. The molecule has 13 heavy (non-hydrogen) atoms. The minimum Gasteiger partial charge on any atom is -0.488 e. The highest BCUT2D eigenvalue weighted by Crippen LogP contribution is 2.28. The number of pyridine rings is 1. The molecular formula is C10H14N2O. The van der Waals surface area contributed by atoms with E-state index in [1.165, 1.54) is 0 Å². The van der Waals surface area contributed by atoms with Gasteiger partial charge in [0.05, 0.1) is 11.8 Å². The second-order valence-electron chi connectivity index (χ2n) is 3.48. The Balaban J connectivity index is 2.22. The van der Waals surface area contributed by atoms with Crippen LogP contribution in [0, 0.1) is 6.92 Å². The van der Waals surface area contributed by atoms with Crippen LogP contribution in [0.4, 0.5) is 0 Å². The van der Waals surface area contributed by atoms with Gasteiger partial charge in [0.2, 0.25) is 0 Å². The van der Waals surface area contributed by atoms with Gasteiger partial charge in [0.25, 0.3) is 0 Å². The van der Waals surface area contributed by atoms with Gasteiger partial charge in [0.15, 0.2) is 0 Å². The highest BCUT2D eigenvalue weighted by atomic mass is 16.5. The van der Waals surface area contributed by atoms with Crippen molar-refractivity contribution in [2.45, 2.75) is 32.4 Å². The number of hydrogen-bond acceptors (Lipinski definition) is 3. The number of rotatable bonds is 3. The summed E-state index contributed by atoms with van der Waals surface area (Å²) in [6.45, 7) is 2.45. The Kier molecular flexibility index (Phi) is 2.19. The maximum absolute atomic E-state index is 5.69. The Morgan fingerprint density at radius 2 is 2.38 bits per heavy atom. The number of aryl methyl sites for hydroxylation is 1. The molecule has 1 aliphatic carbocycles. The molecule has 0 aliphatic heterocycles. The van der Waals surface area contributed by atoms with Crippen LogP contribution in [0.2, 0.25) is 0 Å². The zero-order chi connectivity index (χ0) is 9.26. The van der Waals surface area contributed by atoms with Crippen LogP contribution < -0.4 is 10.5 Å². The summed E-state index contributed by atoms with van der Waals surface area (Å²) in [5.41, 5.74) is 7.53. The van der Waals surface area contributed by atoms with Crippen LogP contribution in [0.1, 0.15) is 24.1 Å². The maximum atomic E-state index is 5.69. The predicted octanol–water partition coefficient (Wildman–Crippen LogP) is 1.39. The summed E-state index contributed by atoms with van der Waals surface area (Å²) in [6.07, 6.45) is 4.56. The quantitative estimate of drug-likeness (QED) is 0.760. The molecule has 1 heterocycles. The molecule has 0 atom stereocenters. The zero-order valence-electron chi connectivity index (χ0n) is 7.79. The normalized spacial score (nSPS) is 15.8. The lowest BCUT2D eigenvalue weighted by Gasteiger charge is -2.08. The van der Waals surface area contributed by atoms with E-state index in [4.69, 9.17) is 10.5 Å². The van der Waals surface area contributed by atoms with Crippen molar-refractivity contribution in [1.82, 2.24) is 4.98 Å². The lowest BCUT2D eigenvalue weighted by Crippen LogP contribution is -2.06. The molecule has 0 bridgehead atoms. The van der Waals surface area contributed by atoms with Crippen molar-refractivity contribution in [2.24, 2.45) is 5.73 Å². The van der Waals surface area contributed by atoms with E-state index in [9.17, 15) is 0 Å². The number of nitrogens with two attached hydrogens (primary N) is 1.